The molecule has 0 aromatic heterocycles. The molecule has 0 aliphatic heterocycles. The summed E-state index contributed by atoms with van der Waals surface area (Å²) in [6.07, 6.45) is 4.05. The molecule has 0 unspecified atom stereocenters. The van der Waals surface area contributed by atoms with E-state index in [9.17, 15) is 0 Å². The van der Waals surface area contributed by atoms with Gasteiger partial charge in [0.05, 0.1) is 0 Å². The molecule has 0 bridgehead atoms. The van der Waals surface area contributed by atoms with E-state index in [-0.39, 0.29) is 0 Å². The summed E-state index contributed by atoms with van der Waals surface area (Å²) in [7, 11) is 1.81. The van der Waals surface area contributed by atoms with Crippen LogP contribution >= 0.6 is 0 Å². The summed E-state index contributed by atoms with van der Waals surface area (Å²) in [5, 5.41) is 0. The van der Waals surface area contributed by atoms with Gasteiger partial charge in [-0.1, -0.05) is 26.5 Å². The largest absolute Gasteiger partial charge is 0.322 e. The summed E-state index contributed by atoms with van der Waals surface area (Å²) >= 11 is 0. The monoisotopic (exact) mass is 140 g/mol. The maximum Gasteiger partial charge on any atom is 0.0412 e. The molecule has 0 aliphatic rings. The Balaban J connectivity index is 3.56. The normalized spacial score (nSPS) is 10.8. The number of nitrogens with one attached hydrogen (secondary N) is 2. The number of hydrogen-bond donors (Lipinski definition) is 2. The first kappa shape index (κ1) is 9.24. The Bertz CT molecular complexity index is 125. The van der Waals surface area contributed by atoms with Crippen molar-refractivity contribution in [3.8, 4) is 0 Å². The van der Waals surface area contributed by atoms with E-state index in [4.69, 9.17) is 0 Å². The van der Waals surface area contributed by atoms with Crippen LogP contribution in [0.5, 0.6) is 0 Å². The van der Waals surface area contributed by atoms with E-state index in [1.54, 1.807) is 0 Å². The third-order valence-electron chi connectivity index (χ3n) is 0.968. The molecule has 2 nitrogen and oxygen atoms in total. The van der Waals surface area contributed by atoms with Crippen molar-refractivity contribution >= 4 is 0 Å². The summed E-state index contributed by atoms with van der Waals surface area (Å²) in [5.74, 6) is 0.579. The lowest BCUT2D eigenvalue weighted by atomic mass is 10.2. The first-order valence-corrected chi connectivity index (χ1v) is 3.46. The molecule has 2 N–H and O–H groups in total. The molecule has 0 fully saturated rings. The van der Waals surface area contributed by atoms with E-state index < -0.39 is 0 Å². The summed E-state index contributed by atoms with van der Waals surface area (Å²) in [5.41, 5.74) is 6.55. The van der Waals surface area contributed by atoms with E-state index in [0.29, 0.717) is 5.92 Å². The highest BCUT2D eigenvalue weighted by Crippen LogP contribution is 1.95. The van der Waals surface area contributed by atoms with Gasteiger partial charge in [0, 0.05) is 12.7 Å². The van der Waals surface area contributed by atoms with Crippen molar-refractivity contribution in [2.75, 3.05) is 7.05 Å². The summed E-state index contributed by atoms with van der Waals surface area (Å²) < 4.78 is 0. The van der Waals surface area contributed by atoms with Crippen molar-refractivity contribution in [3.63, 3.8) is 0 Å². The second kappa shape index (κ2) is 5.06. The molecule has 0 atom stereocenters. The number of hydrogen-bond acceptors (Lipinski definition) is 2. The molecule has 0 aliphatic carbocycles. The second-order valence-corrected chi connectivity index (χ2v) is 2.50. The predicted octanol–water partition coefficient (Wildman–Crippen LogP) is 1.44. The van der Waals surface area contributed by atoms with Crippen LogP contribution in [0.15, 0.2) is 24.4 Å². The minimum Gasteiger partial charge on any atom is -0.322 e. The third kappa shape index (κ3) is 5.38. The van der Waals surface area contributed by atoms with Crippen LogP contribution in [-0.4, -0.2) is 7.05 Å². The molecular weight excluding hydrogens is 124 g/mol. The quantitative estimate of drug-likeness (QED) is 0.456. The molecular formula is C8H16N2. The van der Waals surface area contributed by atoms with Crippen LogP contribution in [0.1, 0.15) is 13.8 Å². The zero-order chi connectivity index (χ0) is 7.98. The van der Waals surface area contributed by atoms with Crippen molar-refractivity contribution in [3.05, 3.63) is 24.4 Å². The number of rotatable bonds is 4. The van der Waals surface area contributed by atoms with Gasteiger partial charge in [0.2, 0.25) is 0 Å². The maximum atomic E-state index is 3.76. The summed E-state index contributed by atoms with van der Waals surface area (Å²) in [6.45, 7) is 8.01. The first-order valence-electron chi connectivity index (χ1n) is 3.46. The van der Waals surface area contributed by atoms with Gasteiger partial charge in [-0.05, 0) is 12.0 Å². The highest BCUT2D eigenvalue weighted by atomic mass is 15.3. The first-order chi connectivity index (χ1) is 4.66. The topological polar surface area (TPSA) is 24.1 Å². The van der Waals surface area contributed by atoms with Crippen LogP contribution in [0.4, 0.5) is 0 Å². The molecule has 0 saturated carbocycles. The van der Waals surface area contributed by atoms with Crippen LogP contribution in [0, 0.1) is 5.92 Å². The van der Waals surface area contributed by atoms with Crippen molar-refractivity contribution in [1.29, 1.82) is 0 Å². The molecule has 0 spiro atoms. The van der Waals surface area contributed by atoms with E-state index in [2.05, 4.69) is 37.4 Å². The van der Waals surface area contributed by atoms with Gasteiger partial charge < -0.3 is 5.43 Å². The molecule has 0 rings (SSSR count). The van der Waals surface area contributed by atoms with Crippen LogP contribution in [0.3, 0.4) is 0 Å². The van der Waals surface area contributed by atoms with Crippen LogP contribution in [0.25, 0.3) is 0 Å². The molecule has 58 valence electrons. The highest BCUT2D eigenvalue weighted by molar-refractivity contribution is 5.11. The molecule has 0 aromatic carbocycles. The Kier molecular flexibility index (Phi) is 4.67. The number of hydrazine groups is 1. The molecule has 0 radical (unpaired) electrons. The zero-order valence-corrected chi connectivity index (χ0v) is 6.94. The predicted molar refractivity (Wildman–Crippen MR) is 45.3 cm³/mol. The van der Waals surface area contributed by atoms with Gasteiger partial charge >= 0.3 is 0 Å². The molecule has 0 aromatic rings. The lowest BCUT2D eigenvalue weighted by Gasteiger charge is -2.02. The van der Waals surface area contributed by atoms with Gasteiger partial charge in [0.25, 0.3) is 0 Å². The summed E-state index contributed by atoms with van der Waals surface area (Å²) in [6, 6.07) is 0. The van der Waals surface area contributed by atoms with Crippen molar-refractivity contribution in [2.45, 2.75) is 13.8 Å². The van der Waals surface area contributed by atoms with E-state index in [0.717, 1.165) is 5.70 Å². The molecule has 10 heavy (non-hydrogen) atoms. The minimum atomic E-state index is 0.579. The van der Waals surface area contributed by atoms with E-state index >= 15 is 0 Å². The van der Waals surface area contributed by atoms with E-state index in [1.807, 2.05) is 13.1 Å². The van der Waals surface area contributed by atoms with Crippen LogP contribution < -0.4 is 10.9 Å². The highest BCUT2D eigenvalue weighted by Gasteiger charge is 1.84. The van der Waals surface area contributed by atoms with Gasteiger partial charge in [-0.15, -0.1) is 0 Å². The Morgan fingerprint density at radius 1 is 1.50 bits per heavy atom. The summed E-state index contributed by atoms with van der Waals surface area (Å²) in [4.78, 5) is 0. The lowest BCUT2D eigenvalue weighted by molar-refractivity contribution is 0.704. The van der Waals surface area contributed by atoms with Crippen molar-refractivity contribution < 1.29 is 0 Å². The van der Waals surface area contributed by atoms with Gasteiger partial charge in [-0.2, -0.15) is 0 Å². The molecule has 2 heteroatoms. The average molecular weight is 140 g/mol. The smallest absolute Gasteiger partial charge is 0.0412 e. The Morgan fingerprint density at radius 3 is 2.50 bits per heavy atom. The third-order valence-corrected chi connectivity index (χ3v) is 0.968. The van der Waals surface area contributed by atoms with E-state index in [1.165, 1.54) is 0 Å². The Labute approximate surface area is 63.0 Å². The van der Waals surface area contributed by atoms with Gasteiger partial charge in [0.1, 0.15) is 0 Å². The Morgan fingerprint density at radius 2 is 2.10 bits per heavy atom. The van der Waals surface area contributed by atoms with Gasteiger partial charge in [0.15, 0.2) is 0 Å². The van der Waals surface area contributed by atoms with Crippen molar-refractivity contribution in [2.24, 2.45) is 5.92 Å². The average Bonchev–Trinajstić information content (AvgIpc) is 1.85. The maximum absolute atomic E-state index is 3.76. The van der Waals surface area contributed by atoms with Crippen LogP contribution in [0.2, 0.25) is 0 Å². The SMILES string of the molecule is C=C(/C=C\C(C)C)NNC. The van der Waals surface area contributed by atoms with Gasteiger partial charge in [-0.3, -0.25) is 0 Å². The fourth-order valence-corrected chi connectivity index (χ4v) is 0.511. The molecule has 0 heterocycles. The lowest BCUT2D eigenvalue weighted by Crippen LogP contribution is -2.25. The van der Waals surface area contributed by atoms with Crippen LogP contribution in [-0.2, 0) is 0 Å². The van der Waals surface area contributed by atoms with Gasteiger partial charge in [-0.25, -0.2) is 5.43 Å². The fourth-order valence-electron chi connectivity index (χ4n) is 0.511. The molecule has 0 saturated heterocycles. The zero-order valence-electron chi connectivity index (χ0n) is 6.94. The second-order valence-electron chi connectivity index (χ2n) is 2.50. The standard InChI is InChI=1S/C8H16N2/c1-7(2)5-6-8(3)10-9-4/h5-7,9-10H,3H2,1-2,4H3/b6-5-. The molecule has 0 amide bonds. The minimum absolute atomic E-state index is 0.579. The Hall–Kier alpha value is -0.760. The fraction of sp³-hybridized carbons (Fsp3) is 0.500. The number of allylic oxidation sites excluding steroid dienone is 2. The van der Waals surface area contributed by atoms with Crippen molar-refractivity contribution in [1.82, 2.24) is 10.9 Å².